The molecule has 0 saturated carbocycles. The second kappa shape index (κ2) is 10.5. The van der Waals surface area contributed by atoms with Gasteiger partial charge in [-0.05, 0) is 60.3 Å². The average molecular weight is 468 g/mol. The topological polar surface area (TPSA) is 101 Å². The van der Waals surface area contributed by atoms with E-state index in [4.69, 9.17) is 36.4 Å². The lowest BCUT2D eigenvalue weighted by atomic mass is 10.1. The number of carbonyl (C=O) groups excluding carboxylic acids is 2. The summed E-state index contributed by atoms with van der Waals surface area (Å²) in [7, 11) is 4.28. The van der Waals surface area contributed by atoms with E-state index in [1.54, 1.807) is 55.7 Å². The van der Waals surface area contributed by atoms with Crippen LogP contribution >= 0.6 is 12.2 Å². The summed E-state index contributed by atoms with van der Waals surface area (Å²) in [5, 5.41) is 8.87. The second-order valence-corrected chi connectivity index (χ2v) is 7.04. The number of esters is 1. The Morgan fingerprint density at radius 2 is 1.82 bits per heavy atom. The molecule has 1 fully saturated rings. The number of hydrogen-bond acceptors (Lipinski definition) is 8. The molecule has 0 bridgehead atoms. The van der Waals surface area contributed by atoms with Gasteiger partial charge in [0.25, 0.3) is 5.91 Å². The van der Waals surface area contributed by atoms with Gasteiger partial charge in [0, 0.05) is 0 Å². The first-order valence-corrected chi connectivity index (χ1v) is 10.1. The van der Waals surface area contributed by atoms with E-state index in [2.05, 4.69) is 0 Å². The highest BCUT2D eigenvalue weighted by Crippen LogP contribution is 2.33. The highest BCUT2D eigenvalue weighted by Gasteiger charge is 2.40. The number of thiocarbonyl (C=S) groups is 1. The fraction of sp³-hybridized carbons (Fsp3) is 0.217. The van der Waals surface area contributed by atoms with E-state index in [0.29, 0.717) is 28.5 Å². The maximum atomic E-state index is 13.4. The Labute approximate surface area is 196 Å². The molecule has 0 N–H and O–H groups in total. The molecule has 0 unspecified atom stereocenters. The van der Waals surface area contributed by atoms with Crippen LogP contribution in [0.4, 0.5) is 5.69 Å². The highest BCUT2D eigenvalue weighted by molar-refractivity contribution is 7.80. The molecule has 2 aromatic rings. The largest absolute Gasteiger partial charge is 0.497 e. The van der Waals surface area contributed by atoms with E-state index in [-0.39, 0.29) is 24.0 Å². The first-order chi connectivity index (χ1) is 15.9. The molecule has 1 heterocycles. The third kappa shape index (κ3) is 5.05. The zero-order chi connectivity index (χ0) is 24.0. The van der Waals surface area contributed by atoms with Crippen molar-refractivity contribution in [2.24, 2.45) is 0 Å². The molecule has 0 aliphatic carbocycles. The van der Waals surface area contributed by atoms with E-state index >= 15 is 0 Å². The second-order valence-electron chi connectivity index (χ2n) is 6.67. The number of methoxy groups -OCH3 is 3. The van der Waals surface area contributed by atoms with Crippen molar-refractivity contribution in [1.29, 1.82) is 5.26 Å². The number of amides is 1. The molecule has 3 rings (SSSR count). The van der Waals surface area contributed by atoms with Crippen LogP contribution < -0.4 is 19.1 Å². The van der Waals surface area contributed by atoms with Gasteiger partial charge >= 0.3 is 5.97 Å². The van der Waals surface area contributed by atoms with E-state index < -0.39 is 11.9 Å². The predicted molar refractivity (Wildman–Crippen MR) is 124 cm³/mol. The summed E-state index contributed by atoms with van der Waals surface area (Å²) < 4.78 is 20.6. The molecule has 0 aromatic heterocycles. The molecule has 10 heteroatoms. The van der Waals surface area contributed by atoms with E-state index in [0.717, 1.165) is 0 Å². The summed E-state index contributed by atoms with van der Waals surface area (Å²) in [4.78, 5) is 28.2. The van der Waals surface area contributed by atoms with E-state index in [1.807, 2.05) is 6.07 Å². The molecule has 0 radical (unpaired) electrons. The normalized spacial score (nSPS) is 14.3. The van der Waals surface area contributed by atoms with Crippen molar-refractivity contribution >= 4 is 41.0 Å². The number of nitriles is 1. The van der Waals surface area contributed by atoms with Crippen molar-refractivity contribution in [2.75, 3.05) is 39.4 Å². The van der Waals surface area contributed by atoms with Crippen LogP contribution in [-0.2, 0) is 14.3 Å². The zero-order valence-corrected chi connectivity index (χ0v) is 19.0. The monoisotopic (exact) mass is 467 g/mol. The Morgan fingerprint density at radius 3 is 2.42 bits per heavy atom. The highest BCUT2D eigenvalue weighted by atomic mass is 32.1. The quantitative estimate of drug-likeness (QED) is 0.329. The molecule has 2 aromatic carbocycles. The summed E-state index contributed by atoms with van der Waals surface area (Å²) in [5.41, 5.74) is 1.32. The summed E-state index contributed by atoms with van der Waals surface area (Å²) in [6, 6.07) is 13.7. The zero-order valence-electron chi connectivity index (χ0n) is 18.2. The Hall–Kier alpha value is -4.10. The van der Waals surface area contributed by atoms with Crippen molar-refractivity contribution in [1.82, 2.24) is 4.90 Å². The number of carbonyl (C=O) groups is 2. The maximum Gasteiger partial charge on any atom is 0.325 e. The van der Waals surface area contributed by atoms with Gasteiger partial charge in [0.15, 0.2) is 23.2 Å². The third-order valence-electron chi connectivity index (χ3n) is 4.76. The number of rotatable bonds is 8. The third-order valence-corrected chi connectivity index (χ3v) is 5.17. The van der Waals surface area contributed by atoms with Gasteiger partial charge in [-0.15, -0.1) is 0 Å². The Bertz CT molecular complexity index is 1140. The number of nitrogens with zero attached hydrogens (tertiary/aromatic N) is 3. The Kier molecular flexibility index (Phi) is 7.48. The van der Waals surface area contributed by atoms with Gasteiger partial charge in [-0.2, -0.15) is 5.26 Å². The van der Waals surface area contributed by atoms with Gasteiger partial charge in [0.2, 0.25) is 0 Å². The van der Waals surface area contributed by atoms with Gasteiger partial charge in [0.1, 0.15) is 24.1 Å². The van der Waals surface area contributed by atoms with Crippen LogP contribution in [0.25, 0.3) is 6.08 Å². The summed E-state index contributed by atoms with van der Waals surface area (Å²) >= 11 is 5.53. The average Bonchev–Trinajstić information content (AvgIpc) is 3.06. The lowest BCUT2D eigenvalue weighted by Crippen LogP contribution is -2.35. The minimum absolute atomic E-state index is 0.132. The van der Waals surface area contributed by atoms with Gasteiger partial charge in [-0.3, -0.25) is 14.5 Å². The maximum absolute atomic E-state index is 13.4. The molecular formula is C23H21N3O6S. The summed E-state index contributed by atoms with van der Waals surface area (Å²) in [5.74, 6) is 0.451. The van der Waals surface area contributed by atoms with Crippen molar-refractivity contribution in [2.45, 2.75) is 0 Å². The number of benzene rings is 2. The fourth-order valence-corrected chi connectivity index (χ4v) is 3.50. The first kappa shape index (κ1) is 23.6. The van der Waals surface area contributed by atoms with Crippen molar-refractivity contribution in [3.63, 3.8) is 0 Å². The number of ether oxygens (including phenoxy) is 4. The first-order valence-electron chi connectivity index (χ1n) is 9.69. The predicted octanol–water partition coefficient (Wildman–Crippen LogP) is 2.75. The molecule has 9 nitrogen and oxygen atoms in total. The Morgan fingerprint density at radius 1 is 1.09 bits per heavy atom. The van der Waals surface area contributed by atoms with Crippen molar-refractivity contribution < 1.29 is 28.5 Å². The summed E-state index contributed by atoms with van der Waals surface area (Å²) in [6.07, 6.45) is 1.59. The van der Waals surface area contributed by atoms with E-state index in [1.165, 1.54) is 24.0 Å². The van der Waals surface area contributed by atoms with Gasteiger partial charge in [-0.25, -0.2) is 0 Å². The van der Waals surface area contributed by atoms with Gasteiger partial charge in [0.05, 0.1) is 27.0 Å². The molecule has 1 amide bonds. The van der Waals surface area contributed by atoms with Crippen LogP contribution in [0.1, 0.15) is 5.56 Å². The molecule has 1 aliphatic rings. The SMILES string of the molecule is COC(=O)CN1C(=S)N(c2ccc(OC)cc2)C(=O)C1=Cc1ccc(OCC#N)c(OC)c1. The van der Waals surface area contributed by atoms with Crippen molar-refractivity contribution in [3.8, 4) is 23.3 Å². The van der Waals surface area contributed by atoms with Crippen LogP contribution in [0, 0.1) is 11.3 Å². The smallest absolute Gasteiger partial charge is 0.325 e. The minimum Gasteiger partial charge on any atom is -0.497 e. The number of hydrogen-bond donors (Lipinski definition) is 0. The Balaban J connectivity index is 2.02. The van der Waals surface area contributed by atoms with Crippen LogP contribution in [-0.4, -0.2) is 56.4 Å². The molecule has 33 heavy (non-hydrogen) atoms. The minimum atomic E-state index is -0.550. The van der Waals surface area contributed by atoms with Crippen LogP contribution in [0.15, 0.2) is 48.2 Å². The molecular weight excluding hydrogens is 446 g/mol. The van der Waals surface area contributed by atoms with Crippen molar-refractivity contribution in [3.05, 3.63) is 53.7 Å². The molecule has 170 valence electrons. The lowest BCUT2D eigenvalue weighted by molar-refractivity contribution is -0.140. The molecule has 1 aliphatic heterocycles. The standard InChI is InChI=1S/C23H21N3O6S/c1-29-17-7-5-16(6-8-17)26-22(28)18(25(23(26)33)14-21(27)31-3)12-15-4-9-19(32-11-10-24)20(13-15)30-2/h4-9,12-13H,11,14H2,1-3H3. The fourth-order valence-electron chi connectivity index (χ4n) is 3.15. The molecule has 1 saturated heterocycles. The van der Waals surface area contributed by atoms with Crippen LogP contribution in [0.3, 0.4) is 0 Å². The van der Waals surface area contributed by atoms with Gasteiger partial charge in [-0.1, -0.05) is 6.07 Å². The van der Waals surface area contributed by atoms with E-state index in [9.17, 15) is 9.59 Å². The van der Waals surface area contributed by atoms with Crippen LogP contribution in [0.2, 0.25) is 0 Å². The summed E-state index contributed by atoms with van der Waals surface area (Å²) in [6.45, 7) is -0.368. The molecule has 0 spiro atoms. The van der Waals surface area contributed by atoms with Gasteiger partial charge < -0.3 is 23.8 Å². The number of anilines is 1. The lowest BCUT2D eigenvalue weighted by Gasteiger charge is -2.19. The van der Waals surface area contributed by atoms with Crippen LogP contribution in [0.5, 0.6) is 17.2 Å². The molecule has 0 atom stereocenters.